The minimum Gasteiger partial charge on any atom is -0.501 e. The van der Waals surface area contributed by atoms with Crippen molar-refractivity contribution in [2.45, 2.75) is 112 Å². The van der Waals surface area contributed by atoms with Crippen molar-refractivity contribution in [1.29, 1.82) is 0 Å². The molecule has 0 spiro atoms. The Balaban J connectivity index is 0.000000242. The van der Waals surface area contributed by atoms with E-state index in [0.29, 0.717) is 11.5 Å². The second-order valence-corrected chi connectivity index (χ2v) is 25.0. The normalized spacial score (nSPS) is 12.9. The Kier molecular flexibility index (Phi) is 12.6. The van der Waals surface area contributed by atoms with Gasteiger partial charge in [0.25, 0.3) is 0 Å². The van der Waals surface area contributed by atoms with E-state index in [1.807, 2.05) is 24.4 Å². The van der Waals surface area contributed by atoms with Crippen LogP contribution in [0.25, 0.3) is 72.6 Å². The van der Waals surface area contributed by atoms with E-state index in [1.165, 1.54) is 38.7 Å². The molecule has 0 atom stereocenters. The monoisotopic (exact) mass is 1050 g/mol. The van der Waals surface area contributed by atoms with Crippen LogP contribution in [0, 0.1) is 19.0 Å². The first-order valence-electron chi connectivity index (χ1n) is 24.1. The van der Waals surface area contributed by atoms with E-state index < -0.39 is 14.9 Å². The molecule has 335 valence electrons. The first-order valence-corrected chi connectivity index (χ1v) is 26.1. The van der Waals surface area contributed by atoms with E-state index in [1.54, 1.807) is 18.2 Å². The summed E-state index contributed by atoms with van der Waals surface area (Å²) in [5.41, 5.74) is 14.6. The average Bonchev–Trinajstić information content (AvgIpc) is 3.86. The van der Waals surface area contributed by atoms with E-state index in [4.69, 9.17) is 18.5 Å². The number of benzene rings is 5. The smallest absolute Gasteiger partial charge is 0.168 e. The molecule has 5 aromatic carbocycles. The molecule has 9 rings (SSSR count). The predicted octanol–water partition coefficient (Wildman–Crippen LogP) is 15.5. The van der Waals surface area contributed by atoms with Crippen molar-refractivity contribution in [3.05, 3.63) is 162 Å². The van der Waals surface area contributed by atoms with Gasteiger partial charge in [-0.1, -0.05) is 160 Å². The number of pyridine rings is 2. The number of imidazole rings is 1. The van der Waals surface area contributed by atoms with E-state index in [0.717, 1.165) is 61.4 Å². The van der Waals surface area contributed by atoms with Crippen LogP contribution in [-0.4, -0.2) is 27.6 Å². The Morgan fingerprint density at radius 3 is 2.00 bits per heavy atom. The summed E-state index contributed by atoms with van der Waals surface area (Å²) in [6.45, 7) is 25.0. The van der Waals surface area contributed by atoms with Crippen molar-refractivity contribution in [2.24, 2.45) is 0 Å². The fraction of sp³-hybridized carbons (Fsp3) is 0.293. The van der Waals surface area contributed by atoms with Gasteiger partial charge in [-0.2, -0.15) is 0 Å². The summed E-state index contributed by atoms with van der Waals surface area (Å²) in [5.74, 6) is 1.76. The summed E-state index contributed by atoms with van der Waals surface area (Å²) >= 11 is 0. The van der Waals surface area contributed by atoms with Crippen LogP contribution in [0.2, 0.25) is 19.6 Å². The third-order valence-corrected chi connectivity index (χ3v) is 14.1. The minimum absolute atomic E-state index is 0. The van der Waals surface area contributed by atoms with Crippen molar-refractivity contribution in [3.63, 3.8) is 0 Å². The maximum absolute atomic E-state index is 7.44. The van der Waals surface area contributed by atoms with Gasteiger partial charge in [-0.25, -0.2) is 4.98 Å². The molecular weight excluding hydrogens is 989 g/mol. The Hall–Kier alpha value is -5.46. The predicted molar refractivity (Wildman–Crippen MR) is 273 cm³/mol. The van der Waals surface area contributed by atoms with Gasteiger partial charge in [0.2, 0.25) is 0 Å². The molecule has 0 saturated carbocycles. The molecule has 0 unspecified atom stereocenters. The largest absolute Gasteiger partial charge is 0.501 e. The van der Waals surface area contributed by atoms with Gasteiger partial charge in [0.1, 0.15) is 5.58 Å². The van der Waals surface area contributed by atoms with Crippen LogP contribution in [-0.2, 0) is 25.5 Å². The minimum atomic E-state index is -2.09. The zero-order valence-corrected chi connectivity index (χ0v) is 43.2. The zero-order chi connectivity index (χ0) is 48.2. The first-order chi connectivity index (χ1) is 31.6. The number of aryl methyl sites for hydroxylation is 1. The van der Waals surface area contributed by atoms with Gasteiger partial charge in [-0.05, 0) is 81.2 Å². The van der Waals surface area contributed by atoms with E-state index in [9.17, 15) is 0 Å². The maximum Gasteiger partial charge on any atom is 0.168 e. The molecule has 5 nitrogen and oxygen atoms in total. The van der Waals surface area contributed by atoms with Crippen LogP contribution in [0.3, 0.4) is 0 Å². The third kappa shape index (κ3) is 9.61. The number of rotatable bonds is 8. The van der Waals surface area contributed by atoms with Crippen LogP contribution in [0.15, 0.2) is 126 Å². The van der Waals surface area contributed by atoms with Gasteiger partial charge in [-0.15, -0.1) is 53.6 Å². The number of para-hydroxylation sites is 1. The Morgan fingerprint density at radius 2 is 1.38 bits per heavy atom. The zero-order valence-electron chi connectivity index (χ0n) is 42.8. The molecule has 0 saturated heterocycles. The summed E-state index contributed by atoms with van der Waals surface area (Å²) in [6, 6.07) is 45.7. The van der Waals surface area contributed by atoms with Gasteiger partial charge in [-0.3, -0.25) is 4.98 Å². The molecule has 0 aliphatic carbocycles. The summed E-state index contributed by atoms with van der Waals surface area (Å²) in [5, 5.41) is 3.53. The second kappa shape index (κ2) is 18.8. The molecule has 0 bridgehead atoms. The summed E-state index contributed by atoms with van der Waals surface area (Å²) in [4.78, 5) is 15.0. The number of fused-ring (bicyclic) bond motifs is 4. The SMILES string of the molecule is CC(C)c1cc(-c2ccccc2)cc(C(C)C)c1-n1c(-c2[c-]ccc3c2oc2ccccc23)nc2nc(C(C)(C)C)ccc21.[2H]C([2H])([2H])c1c[c-]c(-c2cc(C(C)C)c([Si](C)(C)C)cn2)cc1.[Ir]. The van der Waals surface area contributed by atoms with Gasteiger partial charge < -0.3 is 14.0 Å². The van der Waals surface area contributed by atoms with Crippen LogP contribution < -0.4 is 5.19 Å². The summed E-state index contributed by atoms with van der Waals surface area (Å²) < 4.78 is 31.2. The Bertz CT molecular complexity index is 3200. The van der Waals surface area contributed by atoms with Crippen LogP contribution in [0.4, 0.5) is 0 Å². The quantitative estimate of drug-likeness (QED) is 0.112. The van der Waals surface area contributed by atoms with Crippen molar-refractivity contribution >= 4 is 46.4 Å². The standard InChI is InChI=1S/C40H38N3O.C18H24NSi.Ir/c1-24(2)31-22-27(26-14-9-8-10-15-26)23-32(25(3)4)36(31)43-33-20-21-35(40(5,6)7)41-38(33)42-39(43)30-18-13-17-29-28-16-11-12-19-34(28)44-37(29)30;1-13(2)16-11-17(15-9-7-14(3)8-10-15)19-12-18(16)20(4,5)6;/h8-17,19-25H,1-7H3;7-9,11-13H,1-6H3;/q2*-1;/i;3D3;. The van der Waals surface area contributed by atoms with Gasteiger partial charge in [0.15, 0.2) is 5.65 Å². The Morgan fingerprint density at radius 1 is 0.708 bits per heavy atom. The molecule has 4 aromatic heterocycles. The number of aromatic nitrogens is 4. The van der Waals surface area contributed by atoms with Crippen molar-refractivity contribution in [2.75, 3.05) is 0 Å². The molecule has 1 radical (unpaired) electrons. The fourth-order valence-corrected chi connectivity index (χ4v) is 10.2. The van der Waals surface area contributed by atoms with Crippen LogP contribution in [0.1, 0.15) is 112 Å². The van der Waals surface area contributed by atoms with Gasteiger partial charge in [0, 0.05) is 52.6 Å². The van der Waals surface area contributed by atoms with E-state index in [-0.39, 0.29) is 37.4 Å². The molecule has 0 N–H and O–H groups in total. The second-order valence-electron chi connectivity index (χ2n) is 20.0. The molecule has 65 heavy (non-hydrogen) atoms. The number of hydrogen-bond donors (Lipinski definition) is 0. The summed E-state index contributed by atoms with van der Waals surface area (Å²) in [6.07, 6.45) is 2.00. The molecule has 4 heterocycles. The molecule has 0 amide bonds. The fourth-order valence-electron chi connectivity index (χ4n) is 8.55. The number of nitrogens with zero attached hydrogens (tertiary/aromatic N) is 4. The summed E-state index contributed by atoms with van der Waals surface area (Å²) in [7, 11) is -1.45. The van der Waals surface area contributed by atoms with Crippen molar-refractivity contribution in [3.8, 4) is 39.5 Å². The van der Waals surface area contributed by atoms with Gasteiger partial charge >= 0.3 is 0 Å². The number of hydrogen-bond acceptors (Lipinski definition) is 4. The first kappa shape index (κ1) is 43.4. The van der Waals surface area contributed by atoms with Gasteiger partial charge in [0.05, 0.1) is 25.0 Å². The molecule has 0 aliphatic rings. The van der Waals surface area contributed by atoms with Crippen LogP contribution >= 0.6 is 0 Å². The molecule has 0 fully saturated rings. The average molecular weight is 1050 g/mol. The topological polar surface area (TPSA) is 56.7 Å². The van der Waals surface area contributed by atoms with E-state index >= 15 is 0 Å². The molecule has 7 heteroatoms. The van der Waals surface area contributed by atoms with Crippen molar-refractivity contribution in [1.82, 2.24) is 19.5 Å². The van der Waals surface area contributed by atoms with Crippen LogP contribution in [0.5, 0.6) is 0 Å². The maximum atomic E-state index is 7.44. The molecular formula is C58H62IrN4OSi-2. The van der Waals surface area contributed by atoms with E-state index in [2.05, 4.69) is 183 Å². The number of furan rings is 1. The van der Waals surface area contributed by atoms with Crippen molar-refractivity contribution < 1.29 is 28.6 Å². The Labute approximate surface area is 405 Å². The third-order valence-electron chi connectivity index (χ3n) is 12.0. The molecule has 0 aliphatic heterocycles. The molecule has 9 aromatic rings.